The number of nitrogens with zero attached hydrogens (tertiary/aromatic N) is 3. The second kappa shape index (κ2) is 9.14. The van der Waals surface area contributed by atoms with Crippen molar-refractivity contribution in [1.29, 1.82) is 0 Å². The molecule has 0 aromatic carbocycles. The standard InChI is InChI=1S/C17H34N4OS/c1-14(2)16-13-21(9-10-23-16)17(22)18-11-15(3)12-20-7-5-19(4)6-8-20/h14-16H,5-13H2,1-4H3,(H,18,22)/t15-,16-/m1/s1. The lowest BCUT2D eigenvalue weighted by Crippen LogP contribution is -2.50. The summed E-state index contributed by atoms with van der Waals surface area (Å²) >= 11 is 2.01. The molecule has 2 atom stereocenters. The summed E-state index contributed by atoms with van der Waals surface area (Å²) in [5, 5.41) is 3.73. The van der Waals surface area contributed by atoms with Gasteiger partial charge in [0.25, 0.3) is 0 Å². The van der Waals surface area contributed by atoms with E-state index < -0.39 is 0 Å². The number of urea groups is 1. The summed E-state index contributed by atoms with van der Waals surface area (Å²) in [7, 11) is 2.18. The normalized spacial score (nSPS) is 25.6. The molecule has 0 bridgehead atoms. The Labute approximate surface area is 146 Å². The highest BCUT2D eigenvalue weighted by molar-refractivity contribution is 8.00. The van der Waals surface area contributed by atoms with Gasteiger partial charge < -0.3 is 20.0 Å². The third kappa shape index (κ3) is 6.16. The first kappa shape index (κ1) is 18.9. The van der Waals surface area contributed by atoms with Gasteiger partial charge in [0.2, 0.25) is 0 Å². The van der Waals surface area contributed by atoms with Crippen molar-refractivity contribution >= 4 is 17.8 Å². The van der Waals surface area contributed by atoms with Gasteiger partial charge in [0.05, 0.1) is 0 Å². The topological polar surface area (TPSA) is 38.8 Å². The van der Waals surface area contributed by atoms with E-state index in [0.717, 1.165) is 58.1 Å². The van der Waals surface area contributed by atoms with Crippen molar-refractivity contribution in [3.8, 4) is 0 Å². The number of carbonyl (C=O) groups is 1. The molecule has 0 spiro atoms. The van der Waals surface area contributed by atoms with Gasteiger partial charge in [0, 0.05) is 63.4 Å². The van der Waals surface area contributed by atoms with Crippen LogP contribution in [0, 0.1) is 11.8 Å². The molecule has 0 saturated carbocycles. The first-order valence-corrected chi connectivity index (χ1v) is 10.1. The van der Waals surface area contributed by atoms with Gasteiger partial charge in [0.1, 0.15) is 0 Å². The molecule has 134 valence electrons. The molecule has 0 unspecified atom stereocenters. The van der Waals surface area contributed by atoms with E-state index in [4.69, 9.17) is 0 Å². The summed E-state index contributed by atoms with van der Waals surface area (Å²) < 4.78 is 0. The molecule has 0 radical (unpaired) electrons. The fourth-order valence-electron chi connectivity index (χ4n) is 3.17. The Morgan fingerprint density at radius 3 is 2.52 bits per heavy atom. The van der Waals surface area contributed by atoms with Crippen molar-refractivity contribution in [1.82, 2.24) is 20.0 Å². The summed E-state index contributed by atoms with van der Waals surface area (Å²) in [6.45, 7) is 15.0. The molecule has 1 N–H and O–H groups in total. The number of carbonyl (C=O) groups excluding carboxylic acids is 1. The Morgan fingerprint density at radius 2 is 1.87 bits per heavy atom. The second-order valence-electron chi connectivity index (χ2n) is 7.49. The third-order valence-corrected chi connectivity index (χ3v) is 6.43. The van der Waals surface area contributed by atoms with Gasteiger partial charge in [-0.15, -0.1) is 0 Å². The van der Waals surface area contributed by atoms with Crippen molar-refractivity contribution in [2.75, 3.05) is 65.2 Å². The van der Waals surface area contributed by atoms with Crippen LogP contribution in [0.2, 0.25) is 0 Å². The molecular formula is C17H34N4OS. The molecule has 2 saturated heterocycles. The number of piperazine rings is 1. The summed E-state index contributed by atoms with van der Waals surface area (Å²) in [6.07, 6.45) is 0. The van der Waals surface area contributed by atoms with E-state index in [1.165, 1.54) is 0 Å². The maximum Gasteiger partial charge on any atom is 0.317 e. The van der Waals surface area contributed by atoms with Gasteiger partial charge in [-0.05, 0) is 18.9 Å². The maximum atomic E-state index is 12.4. The van der Waals surface area contributed by atoms with Crippen molar-refractivity contribution < 1.29 is 4.79 Å². The number of hydrogen-bond donors (Lipinski definition) is 1. The van der Waals surface area contributed by atoms with Crippen LogP contribution in [0.5, 0.6) is 0 Å². The van der Waals surface area contributed by atoms with Crippen LogP contribution in [0.25, 0.3) is 0 Å². The highest BCUT2D eigenvalue weighted by Crippen LogP contribution is 2.24. The van der Waals surface area contributed by atoms with Gasteiger partial charge in [-0.25, -0.2) is 4.79 Å². The number of likely N-dealkylation sites (N-methyl/N-ethyl adjacent to an activating group) is 1. The van der Waals surface area contributed by atoms with E-state index in [2.05, 4.69) is 42.9 Å². The predicted molar refractivity (Wildman–Crippen MR) is 99.2 cm³/mol. The van der Waals surface area contributed by atoms with E-state index in [1.54, 1.807) is 0 Å². The van der Waals surface area contributed by atoms with Crippen molar-refractivity contribution in [2.45, 2.75) is 26.0 Å². The minimum absolute atomic E-state index is 0.126. The summed E-state index contributed by atoms with van der Waals surface area (Å²) in [5.41, 5.74) is 0. The lowest BCUT2D eigenvalue weighted by molar-refractivity contribution is 0.137. The van der Waals surface area contributed by atoms with Gasteiger partial charge in [-0.1, -0.05) is 20.8 Å². The van der Waals surface area contributed by atoms with Crippen LogP contribution in [-0.2, 0) is 0 Å². The van der Waals surface area contributed by atoms with Crippen LogP contribution in [0.4, 0.5) is 4.79 Å². The molecular weight excluding hydrogens is 308 g/mol. The smallest absolute Gasteiger partial charge is 0.317 e. The van der Waals surface area contributed by atoms with Crippen LogP contribution >= 0.6 is 11.8 Å². The molecule has 2 aliphatic rings. The predicted octanol–water partition coefficient (Wildman–Crippen LogP) is 1.65. The Hall–Kier alpha value is -0.460. The Kier molecular flexibility index (Phi) is 7.50. The van der Waals surface area contributed by atoms with Gasteiger partial charge in [-0.2, -0.15) is 11.8 Å². The third-order valence-electron chi connectivity index (χ3n) is 4.89. The van der Waals surface area contributed by atoms with Gasteiger partial charge >= 0.3 is 6.03 Å². The van der Waals surface area contributed by atoms with Crippen LogP contribution < -0.4 is 5.32 Å². The lowest BCUT2D eigenvalue weighted by atomic mass is 10.1. The number of hydrogen-bond acceptors (Lipinski definition) is 4. The Bertz CT molecular complexity index is 372. The maximum absolute atomic E-state index is 12.4. The van der Waals surface area contributed by atoms with E-state index >= 15 is 0 Å². The number of amides is 2. The molecule has 0 aromatic rings. The quantitative estimate of drug-likeness (QED) is 0.825. The molecule has 0 aromatic heterocycles. The molecule has 2 heterocycles. The lowest BCUT2D eigenvalue weighted by Gasteiger charge is -2.35. The fraction of sp³-hybridized carbons (Fsp3) is 0.941. The summed E-state index contributed by atoms with van der Waals surface area (Å²) in [4.78, 5) is 19.3. The average Bonchev–Trinajstić information content (AvgIpc) is 2.55. The minimum atomic E-state index is 0.126. The molecule has 2 rings (SSSR count). The van der Waals surface area contributed by atoms with Gasteiger partial charge in [0.15, 0.2) is 0 Å². The van der Waals surface area contributed by atoms with Crippen LogP contribution in [-0.4, -0.2) is 91.1 Å². The zero-order chi connectivity index (χ0) is 16.8. The highest BCUT2D eigenvalue weighted by Gasteiger charge is 2.26. The van der Waals surface area contributed by atoms with Crippen LogP contribution in [0.1, 0.15) is 20.8 Å². The molecule has 2 aliphatic heterocycles. The zero-order valence-corrected chi connectivity index (χ0v) is 16.1. The largest absolute Gasteiger partial charge is 0.338 e. The Balaban J connectivity index is 1.67. The van der Waals surface area contributed by atoms with E-state index in [1.807, 2.05) is 16.7 Å². The highest BCUT2D eigenvalue weighted by atomic mass is 32.2. The van der Waals surface area contributed by atoms with E-state index in [9.17, 15) is 4.79 Å². The summed E-state index contributed by atoms with van der Waals surface area (Å²) in [5.74, 6) is 2.20. The van der Waals surface area contributed by atoms with Crippen molar-refractivity contribution in [3.05, 3.63) is 0 Å². The number of thioether (sulfide) groups is 1. The molecule has 23 heavy (non-hydrogen) atoms. The van der Waals surface area contributed by atoms with Gasteiger partial charge in [-0.3, -0.25) is 0 Å². The van der Waals surface area contributed by atoms with E-state index in [0.29, 0.717) is 17.1 Å². The van der Waals surface area contributed by atoms with E-state index in [-0.39, 0.29) is 6.03 Å². The van der Waals surface area contributed by atoms with Crippen LogP contribution in [0.3, 0.4) is 0 Å². The summed E-state index contributed by atoms with van der Waals surface area (Å²) in [6, 6.07) is 0.126. The number of rotatable bonds is 5. The molecule has 6 heteroatoms. The monoisotopic (exact) mass is 342 g/mol. The number of nitrogens with one attached hydrogen (secondary N) is 1. The second-order valence-corrected chi connectivity index (χ2v) is 8.84. The SMILES string of the molecule is CC(C)[C@H]1CN(C(=O)NC[C@@H](C)CN2CCN(C)CC2)CCS1. The molecule has 5 nitrogen and oxygen atoms in total. The molecule has 0 aliphatic carbocycles. The average molecular weight is 343 g/mol. The Morgan fingerprint density at radius 1 is 1.17 bits per heavy atom. The molecule has 2 fully saturated rings. The first-order valence-electron chi connectivity index (χ1n) is 9.01. The zero-order valence-electron chi connectivity index (χ0n) is 15.3. The van der Waals surface area contributed by atoms with Crippen LogP contribution in [0.15, 0.2) is 0 Å². The van der Waals surface area contributed by atoms with Crippen molar-refractivity contribution in [2.24, 2.45) is 11.8 Å². The van der Waals surface area contributed by atoms with Crippen molar-refractivity contribution in [3.63, 3.8) is 0 Å². The minimum Gasteiger partial charge on any atom is -0.338 e. The molecule has 2 amide bonds. The fourth-order valence-corrected chi connectivity index (χ4v) is 4.47. The first-order chi connectivity index (χ1) is 11.0.